The van der Waals surface area contributed by atoms with Crippen LogP contribution in [0.3, 0.4) is 0 Å². The zero-order chi connectivity index (χ0) is 34.2. The Balaban J connectivity index is 1.36. The molecule has 1 aromatic heterocycles. The predicted molar refractivity (Wildman–Crippen MR) is 178 cm³/mol. The van der Waals surface area contributed by atoms with Crippen molar-refractivity contribution >= 4 is 11.6 Å². The number of hydrogen-bond acceptors (Lipinski definition) is 11. The molecule has 4 N–H and O–H groups in total. The van der Waals surface area contributed by atoms with Gasteiger partial charge in [-0.25, -0.2) is 0 Å². The Morgan fingerprint density at radius 1 is 0.938 bits per heavy atom. The van der Waals surface area contributed by atoms with E-state index >= 15 is 0 Å². The molecule has 48 heavy (non-hydrogen) atoms. The fourth-order valence-electron chi connectivity index (χ4n) is 5.40. The highest BCUT2D eigenvalue weighted by atomic mass is 35.5. The first kappa shape index (κ1) is 34.9. The summed E-state index contributed by atoms with van der Waals surface area (Å²) in [5, 5.41) is 49.0. The van der Waals surface area contributed by atoms with Crippen LogP contribution in [0.2, 0.25) is 5.02 Å². The normalized spacial score (nSPS) is 14.2. The van der Waals surface area contributed by atoms with Crippen LogP contribution in [-0.2, 0) is 19.8 Å². The summed E-state index contributed by atoms with van der Waals surface area (Å²) in [7, 11) is 1.72. The van der Waals surface area contributed by atoms with Gasteiger partial charge in [0.1, 0.15) is 56.2 Å². The molecule has 3 atom stereocenters. The fraction of sp³-hybridized carbons (Fsp3) is 0.333. The average Bonchev–Trinajstić information content (AvgIpc) is 3.10. The molecule has 0 fully saturated rings. The zero-order valence-corrected chi connectivity index (χ0v) is 27.4. The highest BCUT2D eigenvalue weighted by molar-refractivity contribution is 6.32. The van der Waals surface area contributed by atoms with Gasteiger partial charge >= 0.3 is 0 Å². The van der Waals surface area contributed by atoms with Gasteiger partial charge in [0.05, 0.1) is 23.3 Å². The molecule has 0 saturated heterocycles. The summed E-state index contributed by atoms with van der Waals surface area (Å²) >= 11 is 6.74. The molecule has 12 heteroatoms. The first-order valence-corrected chi connectivity index (χ1v) is 15.8. The molecule has 0 spiro atoms. The van der Waals surface area contributed by atoms with Gasteiger partial charge in [0.2, 0.25) is 0 Å². The summed E-state index contributed by atoms with van der Waals surface area (Å²) in [5.41, 5.74) is 5.79. The van der Waals surface area contributed by atoms with E-state index in [1.807, 2.05) is 43.3 Å². The number of nitriles is 1. The Labute approximate surface area is 284 Å². The van der Waals surface area contributed by atoms with Crippen molar-refractivity contribution in [1.82, 2.24) is 9.88 Å². The number of benzene rings is 3. The van der Waals surface area contributed by atoms with Gasteiger partial charge in [0, 0.05) is 42.7 Å². The highest BCUT2D eigenvalue weighted by Gasteiger charge is 2.26. The van der Waals surface area contributed by atoms with Crippen molar-refractivity contribution in [3.63, 3.8) is 0 Å². The SMILES string of the molecule is Cc1c(COc2cc(OCc3cncc(C#N)c3)c(CN(C)C[C@H](O)[C@H](O)[C@H](O)CO)cc2Cl)cccc1-c1ccc2c(c1)OCCO2. The van der Waals surface area contributed by atoms with Crippen molar-refractivity contribution in [1.29, 1.82) is 5.26 Å². The van der Waals surface area contributed by atoms with Crippen LogP contribution in [0.1, 0.15) is 27.8 Å². The van der Waals surface area contributed by atoms with Gasteiger partial charge in [0.25, 0.3) is 0 Å². The van der Waals surface area contributed by atoms with E-state index < -0.39 is 24.9 Å². The van der Waals surface area contributed by atoms with E-state index in [1.54, 1.807) is 36.3 Å². The summed E-state index contributed by atoms with van der Waals surface area (Å²) in [4.78, 5) is 5.83. The highest BCUT2D eigenvalue weighted by Crippen LogP contribution is 2.38. The summed E-state index contributed by atoms with van der Waals surface area (Å²) in [6, 6.07) is 19.1. The van der Waals surface area contributed by atoms with E-state index in [0.717, 1.165) is 28.0 Å². The second kappa shape index (κ2) is 16.1. The topological polar surface area (TPSA) is 158 Å². The third kappa shape index (κ3) is 8.54. The fourth-order valence-corrected chi connectivity index (χ4v) is 5.64. The summed E-state index contributed by atoms with van der Waals surface area (Å²) in [6.07, 6.45) is -1.23. The maximum atomic E-state index is 10.4. The van der Waals surface area contributed by atoms with Crippen LogP contribution in [0, 0.1) is 18.3 Å². The number of likely N-dealkylation sites (N-methyl/N-ethyl adjacent to an activating group) is 1. The minimum absolute atomic E-state index is 0.0132. The van der Waals surface area contributed by atoms with Gasteiger partial charge in [-0.15, -0.1) is 0 Å². The van der Waals surface area contributed by atoms with E-state index in [4.69, 9.17) is 35.7 Å². The van der Waals surface area contributed by atoms with E-state index in [1.165, 1.54) is 6.20 Å². The van der Waals surface area contributed by atoms with Crippen molar-refractivity contribution in [2.45, 2.75) is 45.0 Å². The van der Waals surface area contributed by atoms with Crippen LogP contribution in [0.25, 0.3) is 11.1 Å². The molecule has 4 aromatic rings. The van der Waals surface area contributed by atoms with Gasteiger partial charge in [-0.05, 0) is 60.5 Å². The lowest BCUT2D eigenvalue weighted by molar-refractivity contribution is -0.0830. The molecule has 0 aliphatic carbocycles. The largest absolute Gasteiger partial charge is 0.488 e. The lowest BCUT2D eigenvalue weighted by Crippen LogP contribution is -2.44. The maximum absolute atomic E-state index is 10.4. The Hall–Kier alpha value is -4.41. The standard InChI is InChI=1S/C36H38ClN3O8/c1-22-26(4-3-5-28(22)25-6-7-32-35(12-25)46-9-8-45-32)21-48-34-13-33(47-20-24-10-23(14-38)15-39-16-24)27(11-29(34)37)17-40(2)18-30(42)36(44)31(43)19-41/h3-7,10-13,15-16,30-31,36,41-44H,8-9,17-21H2,1-2H3/t30-,31+,36-/m0/s1. The molecule has 0 radical (unpaired) electrons. The van der Waals surface area contributed by atoms with E-state index in [9.17, 15) is 20.6 Å². The number of halogens is 1. The van der Waals surface area contributed by atoms with Crippen LogP contribution in [-0.4, -0.2) is 82.0 Å². The van der Waals surface area contributed by atoms with Crippen LogP contribution >= 0.6 is 11.6 Å². The molecule has 2 heterocycles. The minimum Gasteiger partial charge on any atom is -0.488 e. The van der Waals surface area contributed by atoms with Crippen LogP contribution < -0.4 is 18.9 Å². The first-order chi connectivity index (χ1) is 23.2. The molecule has 5 rings (SSSR count). The lowest BCUT2D eigenvalue weighted by atomic mass is 9.96. The molecular formula is C36H38ClN3O8. The van der Waals surface area contributed by atoms with Crippen molar-refractivity contribution in [3.05, 3.63) is 99.8 Å². The molecule has 0 amide bonds. The van der Waals surface area contributed by atoms with Crippen LogP contribution in [0.4, 0.5) is 0 Å². The minimum atomic E-state index is -1.52. The zero-order valence-electron chi connectivity index (χ0n) is 26.7. The summed E-state index contributed by atoms with van der Waals surface area (Å²) in [6.45, 7) is 2.97. The number of fused-ring (bicyclic) bond motifs is 1. The molecule has 1 aliphatic heterocycles. The quantitative estimate of drug-likeness (QED) is 0.153. The van der Waals surface area contributed by atoms with Crippen molar-refractivity contribution < 1.29 is 39.4 Å². The molecule has 3 aromatic carbocycles. The maximum Gasteiger partial charge on any atom is 0.161 e. The number of aromatic nitrogens is 1. The number of nitrogens with zero attached hydrogens (tertiary/aromatic N) is 3. The molecule has 1 aliphatic rings. The number of aliphatic hydroxyl groups is 4. The van der Waals surface area contributed by atoms with E-state index in [0.29, 0.717) is 52.2 Å². The summed E-state index contributed by atoms with van der Waals surface area (Å²) < 4.78 is 23.9. The Morgan fingerprint density at radius 3 is 2.48 bits per heavy atom. The van der Waals surface area contributed by atoms with Gasteiger partial charge < -0.3 is 39.4 Å². The van der Waals surface area contributed by atoms with Crippen LogP contribution in [0.15, 0.2) is 67.0 Å². The number of ether oxygens (including phenoxy) is 4. The van der Waals surface area contributed by atoms with Gasteiger partial charge in [-0.3, -0.25) is 9.88 Å². The monoisotopic (exact) mass is 675 g/mol. The molecule has 0 saturated carbocycles. The van der Waals surface area contributed by atoms with Crippen molar-refractivity contribution in [2.75, 3.05) is 33.4 Å². The molecule has 0 bridgehead atoms. The smallest absolute Gasteiger partial charge is 0.161 e. The van der Waals surface area contributed by atoms with E-state index in [2.05, 4.69) is 11.1 Å². The number of pyridine rings is 1. The average molecular weight is 676 g/mol. The van der Waals surface area contributed by atoms with Crippen LogP contribution in [0.5, 0.6) is 23.0 Å². The third-order valence-electron chi connectivity index (χ3n) is 8.03. The Bertz CT molecular complexity index is 1760. The Morgan fingerprint density at radius 2 is 1.71 bits per heavy atom. The molecule has 0 unspecified atom stereocenters. The summed E-state index contributed by atoms with van der Waals surface area (Å²) in [5.74, 6) is 2.30. The number of rotatable bonds is 14. The van der Waals surface area contributed by atoms with E-state index in [-0.39, 0.29) is 26.3 Å². The number of hydrogen-bond donors (Lipinski definition) is 4. The Kier molecular flexibility index (Phi) is 11.7. The van der Waals surface area contributed by atoms with Crippen molar-refractivity contribution in [3.8, 4) is 40.2 Å². The third-order valence-corrected chi connectivity index (χ3v) is 8.33. The van der Waals surface area contributed by atoms with Crippen molar-refractivity contribution in [2.24, 2.45) is 0 Å². The van der Waals surface area contributed by atoms with Gasteiger partial charge in [-0.2, -0.15) is 5.26 Å². The molecule has 11 nitrogen and oxygen atoms in total. The lowest BCUT2D eigenvalue weighted by Gasteiger charge is -2.27. The molecule has 252 valence electrons. The predicted octanol–water partition coefficient (Wildman–Crippen LogP) is 4.02. The molecular weight excluding hydrogens is 638 g/mol. The first-order valence-electron chi connectivity index (χ1n) is 15.4. The number of aliphatic hydroxyl groups excluding tert-OH is 4. The van der Waals surface area contributed by atoms with Gasteiger partial charge in [-0.1, -0.05) is 35.9 Å². The second-order valence-electron chi connectivity index (χ2n) is 11.6. The van der Waals surface area contributed by atoms with Gasteiger partial charge in [0.15, 0.2) is 11.5 Å². The second-order valence-corrected chi connectivity index (χ2v) is 12.0.